The number of nitrogens with zero attached hydrogens (tertiary/aromatic N) is 4. The molecule has 0 amide bonds. The molecular weight excluding hydrogens is 431 g/mol. The molecule has 0 fully saturated rings. The number of hydrogen-bond donors (Lipinski definition) is 1. The van der Waals surface area contributed by atoms with Gasteiger partial charge in [-0.3, -0.25) is 9.97 Å². The second-order valence-electron chi connectivity index (χ2n) is 7.30. The number of nitrogen functional groups attached to an aromatic ring is 1. The number of anilines is 1. The molecule has 3 aromatic heterocycles. The summed E-state index contributed by atoms with van der Waals surface area (Å²) < 4.78 is 46.4. The third kappa shape index (κ3) is 5.25. The minimum absolute atomic E-state index is 0.0608. The molecule has 6 nitrogen and oxygen atoms in total. The second-order valence-corrected chi connectivity index (χ2v) is 7.30. The summed E-state index contributed by atoms with van der Waals surface area (Å²) in [4.78, 5) is 16.5. The Bertz CT molecular complexity index is 1250. The number of pyridine rings is 2. The third-order valence-electron chi connectivity index (χ3n) is 4.85. The summed E-state index contributed by atoms with van der Waals surface area (Å²) >= 11 is 0. The van der Waals surface area contributed by atoms with Crippen molar-refractivity contribution in [3.8, 4) is 28.3 Å². The molecule has 0 saturated carbocycles. The number of halogens is 3. The Hall–Kier alpha value is -4.01. The lowest BCUT2D eigenvalue weighted by atomic mass is 9.99. The lowest BCUT2D eigenvalue weighted by Gasteiger charge is -2.16. The van der Waals surface area contributed by atoms with Crippen LogP contribution in [0.25, 0.3) is 22.4 Å². The normalized spacial score (nSPS) is 11.1. The van der Waals surface area contributed by atoms with E-state index in [1.165, 1.54) is 30.3 Å². The minimum Gasteiger partial charge on any atom is -0.477 e. The fraction of sp³-hybridized carbons (Fsp3) is 0.167. The van der Waals surface area contributed by atoms with Crippen molar-refractivity contribution >= 4 is 5.95 Å². The predicted octanol–water partition coefficient (Wildman–Crippen LogP) is 5.19. The molecule has 0 saturated heterocycles. The highest BCUT2D eigenvalue weighted by Crippen LogP contribution is 2.39. The Morgan fingerprint density at radius 3 is 2.48 bits per heavy atom. The molecule has 0 atom stereocenters. The molecule has 4 rings (SSSR count). The third-order valence-corrected chi connectivity index (χ3v) is 4.85. The highest BCUT2D eigenvalue weighted by atomic mass is 19.3. The quantitative estimate of drug-likeness (QED) is 0.416. The van der Waals surface area contributed by atoms with E-state index in [1.807, 2.05) is 12.1 Å². The van der Waals surface area contributed by atoms with Gasteiger partial charge in [0.2, 0.25) is 11.8 Å². The van der Waals surface area contributed by atoms with Crippen molar-refractivity contribution in [1.82, 2.24) is 19.9 Å². The first-order valence-electron chi connectivity index (χ1n) is 10.1. The van der Waals surface area contributed by atoms with Gasteiger partial charge in [0.25, 0.3) is 6.43 Å². The van der Waals surface area contributed by atoms with Crippen LogP contribution in [0.4, 0.5) is 19.1 Å². The molecular formula is C24H20F3N5O. The number of aromatic nitrogens is 4. The fourth-order valence-corrected chi connectivity index (χ4v) is 3.40. The zero-order valence-electron chi connectivity index (χ0n) is 17.7. The topological polar surface area (TPSA) is 86.8 Å². The zero-order chi connectivity index (χ0) is 23.4. The van der Waals surface area contributed by atoms with Gasteiger partial charge in [-0.1, -0.05) is 6.07 Å². The van der Waals surface area contributed by atoms with Gasteiger partial charge in [0, 0.05) is 30.1 Å². The van der Waals surface area contributed by atoms with Gasteiger partial charge in [-0.2, -0.15) is 4.98 Å². The Morgan fingerprint density at radius 2 is 1.79 bits per heavy atom. The van der Waals surface area contributed by atoms with E-state index in [0.717, 1.165) is 5.56 Å². The number of ether oxygens (including phenoxy) is 1. The summed E-state index contributed by atoms with van der Waals surface area (Å²) in [6.45, 7) is 1.86. The molecule has 33 heavy (non-hydrogen) atoms. The van der Waals surface area contributed by atoms with Gasteiger partial charge in [0.15, 0.2) is 0 Å². The van der Waals surface area contributed by atoms with Crippen LogP contribution >= 0.6 is 0 Å². The van der Waals surface area contributed by atoms with Crippen molar-refractivity contribution < 1.29 is 17.9 Å². The van der Waals surface area contributed by atoms with Crippen LogP contribution in [0.1, 0.15) is 23.4 Å². The van der Waals surface area contributed by atoms with Crippen LogP contribution < -0.4 is 10.5 Å². The summed E-state index contributed by atoms with van der Waals surface area (Å²) in [6.07, 6.45) is 1.18. The van der Waals surface area contributed by atoms with Gasteiger partial charge >= 0.3 is 0 Å². The standard InChI is InChI=1S/C24H20F3N5O/c1-14-11-17(12-19(30-14)22(26)27)20-21(16-4-6-18(25)7-5-16)31-24(28)32-23(20)33-10-8-15-3-2-9-29-13-15/h2-7,9,11-13,22H,8,10H2,1H3,(H2,28,31,32). The Morgan fingerprint density at radius 1 is 1.00 bits per heavy atom. The average Bonchev–Trinajstić information content (AvgIpc) is 2.79. The number of nitrogens with two attached hydrogens (primary N) is 1. The van der Waals surface area contributed by atoms with Crippen LogP contribution in [-0.2, 0) is 6.42 Å². The first kappa shape index (κ1) is 22.2. The largest absolute Gasteiger partial charge is 0.477 e. The fourth-order valence-electron chi connectivity index (χ4n) is 3.40. The zero-order valence-corrected chi connectivity index (χ0v) is 17.7. The predicted molar refractivity (Wildman–Crippen MR) is 118 cm³/mol. The summed E-state index contributed by atoms with van der Waals surface area (Å²) in [5.74, 6) is -0.346. The van der Waals surface area contributed by atoms with Crippen molar-refractivity contribution in [2.24, 2.45) is 0 Å². The molecule has 0 bridgehead atoms. The molecule has 9 heteroatoms. The SMILES string of the molecule is Cc1cc(-c2c(OCCc3cccnc3)nc(N)nc2-c2ccc(F)cc2)cc(C(F)F)n1. The van der Waals surface area contributed by atoms with Crippen molar-refractivity contribution in [2.45, 2.75) is 19.8 Å². The first-order chi connectivity index (χ1) is 15.9. The van der Waals surface area contributed by atoms with Gasteiger partial charge < -0.3 is 10.5 Å². The molecule has 1 aromatic carbocycles. The van der Waals surface area contributed by atoms with Crippen LogP contribution in [0.15, 0.2) is 60.9 Å². The average molecular weight is 451 g/mol. The van der Waals surface area contributed by atoms with E-state index < -0.39 is 12.2 Å². The van der Waals surface area contributed by atoms with E-state index in [4.69, 9.17) is 10.5 Å². The maximum absolute atomic E-state index is 13.5. The Balaban J connectivity index is 1.82. The smallest absolute Gasteiger partial charge is 0.280 e. The summed E-state index contributed by atoms with van der Waals surface area (Å²) in [7, 11) is 0. The maximum atomic E-state index is 13.5. The van der Waals surface area contributed by atoms with Crippen LogP contribution in [0, 0.1) is 12.7 Å². The van der Waals surface area contributed by atoms with Gasteiger partial charge in [-0.15, -0.1) is 0 Å². The molecule has 0 spiro atoms. The molecule has 3 heterocycles. The van der Waals surface area contributed by atoms with Gasteiger partial charge in [0.05, 0.1) is 17.9 Å². The van der Waals surface area contributed by atoms with Crippen molar-refractivity contribution in [1.29, 1.82) is 0 Å². The van der Waals surface area contributed by atoms with Crippen LogP contribution in [-0.4, -0.2) is 26.5 Å². The van der Waals surface area contributed by atoms with Gasteiger partial charge in [-0.25, -0.2) is 18.2 Å². The van der Waals surface area contributed by atoms with Crippen LogP contribution in [0.5, 0.6) is 5.88 Å². The number of aryl methyl sites for hydroxylation is 1. The molecule has 0 unspecified atom stereocenters. The van der Waals surface area contributed by atoms with E-state index >= 15 is 0 Å². The summed E-state index contributed by atoms with van der Waals surface area (Å²) in [6, 6.07) is 12.3. The van der Waals surface area contributed by atoms with Gasteiger partial charge in [-0.05, 0) is 60.5 Å². The highest BCUT2D eigenvalue weighted by Gasteiger charge is 2.21. The Kier molecular flexibility index (Phi) is 6.48. The summed E-state index contributed by atoms with van der Waals surface area (Å²) in [5, 5.41) is 0. The van der Waals surface area contributed by atoms with E-state index in [0.29, 0.717) is 34.5 Å². The van der Waals surface area contributed by atoms with E-state index in [1.54, 1.807) is 25.4 Å². The molecule has 0 radical (unpaired) electrons. The van der Waals surface area contributed by atoms with Crippen molar-refractivity contribution in [2.75, 3.05) is 12.3 Å². The number of benzene rings is 1. The van der Waals surface area contributed by atoms with Crippen molar-refractivity contribution in [3.63, 3.8) is 0 Å². The van der Waals surface area contributed by atoms with Crippen LogP contribution in [0.2, 0.25) is 0 Å². The first-order valence-corrected chi connectivity index (χ1v) is 10.1. The monoisotopic (exact) mass is 451 g/mol. The second kappa shape index (κ2) is 9.64. The maximum Gasteiger partial charge on any atom is 0.280 e. The molecule has 168 valence electrons. The number of alkyl halides is 2. The highest BCUT2D eigenvalue weighted by molar-refractivity contribution is 5.85. The van der Waals surface area contributed by atoms with Gasteiger partial charge in [0.1, 0.15) is 11.5 Å². The number of rotatable bonds is 7. The summed E-state index contributed by atoms with van der Waals surface area (Å²) in [5.41, 5.74) is 8.55. The van der Waals surface area contributed by atoms with E-state index in [2.05, 4.69) is 19.9 Å². The van der Waals surface area contributed by atoms with Crippen LogP contribution in [0.3, 0.4) is 0 Å². The minimum atomic E-state index is -2.76. The molecule has 4 aromatic rings. The lowest BCUT2D eigenvalue weighted by Crippen LogP contribution is -2.08. The Labute approximate surface area is 188 Å². The lowest BCUT2D eigenvalue weighted by molar-refractivity contribution is 0.146. The molecule has 0 aliphatic rings. The van der Waals surface area contributed by atoms with E-state index in [9.17, 15) is 13.2 Å². The molecule has 2 N–H and O–H groups in total. The van der Waals surface area contributed by atoms with Crippen molar-refractivity contribution in [3.05, 3.63) is 83.7 Å². The number of hydrogen-bond acceptors (Lipinski definition) is 6. The van der Waals surface area contributed by atoms with E-state index in [-0.39, 0.29) is 24.1 Å². The molecule has 0 aliphatic carbocycles. The molecule has 0 aliphatic heterocycles.